The second-order valence-electron chi connectivity index (χ2n) is 4.85. The van der Waals surface area contributed by atoms with Crippen LogP contribution in [-0.4, -0.2) is 15.9 Å². The summed E-state index contributed by atoms with van der Waals surface area (Å²) in [6.45, 7) is 0.0901. The topological polar surface area (TPSA) is 52.1 Å². The van der Waals surface area contributed by atoms with Crippen molar-refractivity contribution in [2.75, 3.05) is 0 Å². The third kappa shape index (κ3) is 3.97. The van der Waals surface area contributed by atoms with E-state index in [1.807, 2.05) is 24.3 Å². The van der Waals surface area contributed by atoms with Crippen LogP contribution in [-0.2, 0) is 16.1 Å². The molecule has 0 bridgehead atoms. The lowest BCUT2D eigenvalue weighted by molar-refractivity contribution is -0.138. The first-order chi connectivity index (χ1) is 11.2. The minimum absolute atomic E-state index is 0.0901. The van der Waals surface area contributed by atoms with Gasteiger partial charge in [0.2, 0.25) is 0 Å². The molecule has 0 radical (unpaired) electrons. The van der Waals surface area contributed by atoms with Crippen molar-refractivity contribution in [3.8, 4) is 0 Å². The van der Waals surface area contributed by atoms with Crippen LogP contribution in [0.2, 0.25) is 0 Å². The van der Waals surface area contributed by atoms with Gasteiger partial charge in [-0.25, -0.2) is 14.2 Å². The molecule has 0 fully saturated rings. The van der Waals surface area contributed by atoms with Crippen LogP contribution >= 0.6 is 0 Å². The van der Waals surface area contributed by atoms with E-state index in [4.69, 9.17) is 4.74 Å². The monoisotopic (exact) mass is 308 g/mol. The normalized spacial score (nSPS) is 11.0. The van der Waals surface area contributed by atoms with Gasteiger partial charge in [-0.3, -0.25) is 4.98 Å². The average molecular weight is 308 g/mol. The minimum atomic E-state index is -0.496. The van der Waals surface area contributed by atoms with Gasteiger partial charge in [0.25, 0.3) is 0 Å². The highest BCUT2D eigenvalue weighted by atomic mass is 19.1. The van der Waals surface area contributed by atoms with Crippen LogP contribution < -0.4 is 0 Å². The largest absolute Gasteiger partial charge is 0.458 e. The standard InChI is InChI=1S/C18H13FN2O2/c19-14-7-5-13(6-8-14)12-23-18(22)10-9-15-11-20-16-3-1-2-4-17(16)21-15/h1-11H,12H2/b10-9+. The minimum Gasteiger partial charge on any atom is -0.458 e. The third-order valence-electron chi connectivity index (χ3n) is 3.15. The molecular weight excluding hydrogens is 295 g/mol. The molecule has 0 spiro atoms. The Balaban J connectivity index is 1.61. The van der Waals surface area contributed by atoms with Gasteiger partial charge >= 0.3 is 5.97 Å². The van der Waals surface area contributed by atoms with Crippen LogP contribution in [0, 0.1) is 5.82 Å². The Kier molecular flexibility index (Phi) is 4.38. The van der Waals surface area contributed by atoms with Crippen LogP contribution in [0.25, 0.3) is 17.1 Å². The van der Waals surface area contributed by atoms with Crippen LogP contribution in [0.3, 0.4) is 0 Å². The first-order valence-corrected chi connectivity index (χ1v) is 7.02. The molecule has 0 saturated heterocycles. The first kappa shape index (κ1) is 14.8. The third-order valence-corrected chi connectivity index (χ3v) is 3.15. The smallest absolute Gasteiger partial charge is 0.331 e. The molecule has 0 amide bonds. The highest BCUT2D eigenvalue weighted by Crippen LogP contribution is 2.09. The fourth-order valence-electron chi connectivity index (χ4n) is 1.99. The van der Waals surface area contributed by atoms with Crippen molar-refractivity contribution in [3.63, 3.8) is 0 Å². The van der Waals surface area contributed by atoms with Crippen LogP contribution in [0.1, 0.15) is 11.3 Å². The predicted octanol–water partition coefficient (Wildman–Crippen LogP) is 3.53. The lowest BCUT2D eigenvalue weighted by Gasteiger charge is -2.02. The summed E-state index contributed by atoms with van der Waals surface area (Å²) in [5, 5.41) is 0. The van der Waals surface area contributed by atoms with E-state index in [1.54, 1.807) is 24.4 Å². The summed E-state index contributed by atoms with van der Waals surface area (Å²) in [7, 11) is 0. The SMILES string of the molecule is O=C(/C=C/c1cnc2ccccc2n1)OCc1ccc(F)cc1. The molecule has 0 aliphatic heterocycles. The Labute approximate surface area is 132 Å². The number of para-hydroxylation sites is 2. The molecular formula is C18H13FN2O2. The van der Waals surface area contributed by atoms with Crippen molar-refractivity contribution < 1.29 is 13.9 Å². The number of hydrogen-bond donors (Lipinski definition) is 0. The van der Waals surface area contributed by atoms with E-state index in [2.05, 4.69) is 9.97 Å². The van der Waals surface area contributed by atoms with Gasteiger partial charge in [0.1, 0.15) is 12.4 Å². The highest BCUT2D eigenvalue weighted by Gasteiger charge is 2.01. The van der Waals surface area contributed by atoms with E-state index in [1.165, 1.54) is 18.2 Å². The molecule has 1 aromatic heterocycles. The molecule has 0 atom stereocenters. The van der Waals surface area contributed by atoms with Gasteiger partial charge in [-0.1, -0.05) is 24.3 Å². The Morgan fingerprint density at radius 3 is 2.61 bits per heavy atom. The van der Waals surface area contributed by atoms with Gasteiger partial charge in [-0.15, -0.1) is 0 Å². The van der Waals surface area contributed by atoms with E-state index in [0.29, 0.717) is 5.69 Å². The maximum atomic E-state index is 12.8. The Morgan fingerprint density at radius 2 is 1.83 bits per heavy atom. The van der Waals surface area contributed by atoms with Crippen molar-refractivity contribution in [1.29, 1.82) is 0 Å². The van der Waals surface area contributed by atoms with E-state index >= 15 is 0 Å². The Hall–Kier alpha value is -3.08. The summed E-state index contributed by atoms with van der Waals surface area (Å²) in [4.78, 5) is 20.3. The molecule has 2 aromatic carbocycles. The second-order valence-corrected chi connectivity index (χ2v) is 4.85. The molecule has 114 valence electrons. The molecule has 0 aliphatic carbocycles. The van der Waals surface area contributed by atoms with Gasteiger partial charge < -0.3 is 4.74 Å². The van der Waals surface area contributed by atoms with Crippen molar-refractivity contribution in [1.82, 2.24) is 9.97 Å². The summed E-state index contributed by atoms with van der Waals surface area (Å²) >= 11 is 0. The van der Waals surface area contributed by atoms with Crippen molar-refractivity contribution in [2.24, 2.45) is 0 Å². The molecule has 0 aliphatic rings. The number of esters is 1. The lowest BCUT2D eigenvalue weighted by atomic mass is 10.2. The van der Waals surface area contributed by atoms with Crippen LogP contribution in [0.5, 0.6) is 0 Å². The van der Waals surface area contributed by atoms with E-state index in [-0.39, 0.29) is 12.4 Å². The van der Waals surface area contributed by atoms with E-state index < -0.39 is 5.97 Å². The maximum absolute atomic E-state index is 12.8. The predicted molar refractivity (Wildman–Crippen MR) is 84.8 cm³/mol. The number of hydrogen-bond acceptors (Lipinski definition) is 4. The molecule has 23 heavy (non-hydrogen) atoms. The molecule has 5 heteroatoms. The number of benzene rings is 2. The molecule has 1 heterocycles. The number of fused-ring (bicyclic) bond motifs is 1. The molecule has 0 saturated carbocycles. The highest BCUT2D eigenvalue weighted by molar-refractivity contribution is 5.87. The first-order valence-electron chi connectivity index (χ1n) is 7.02. The summed E-state index contributed by atoms with van der Waals surface area (Å²) in [5.41, 5.74) is 2.85. The zero-order valence-electron chi connectivity index (χ0n) is 12.1. The van der Waals surface area contributed by atoms with Gasteiger partial charge in [0.15, 0.2) is 0 Å². The van der Waals surface area contributed by atoms with E-state index in [9.17, 15) is 9.18 Å². The van der Waals surface area contributed by atoms with Gasteiger partial charge in [-0.2, -0.15) is 0 Å². The molecule has 0 N–H and O–H groups in total. The fraction of sp³-hybridized carbons (Fsp3) is 0.0556. The van der Waals surface area contributed by atoms with Gasteiger partial charge in [0, 0.05) is 6.08 Å². The zero-order valence-corrected chi connectivity index (χ0v) is 12.1. The van der Waals surface area contributed by atoms with Crippen LogP contribution in [0.15, 0.2) is 60.8 Å². The lowest BCUT2D eigenvalue weighted by Crippen LogP contribution is -2.01. The Morgan fingerprint density at radius 1 is 1.09 bits per heavy atom. The number of aromatic nitrogens is 2. The molecule has 4 nitrogen and oxygen atoms in total. The van der Waals surface area contributed by atoms with Crippen molar-refractivity contribution in [3.05, 3.63) is 77.9 Å². The summed E-state index contributed by atoms with van der Waals surface area (Å²) in [6.07, 6.45) is 4.43. The number of nitrogens with zero attached hydrogens (tertiary/aromatic N) is 2. The quantitative estimate of drug-likeness (QED) is 0.546. The van der Waals surface area contributed by atoms with Gasteiger partial charge in [-0.05, 0) is 35.9 Å². The van der Waals surface area contributed by atoms with Crippen LogP contribution in [0.4, 0.5) is 4.39 Å². The van der Waals surface area contributed by atoms with Gasteiger partial charge in [0.05, 0.1) is 22.9 Å². The number of halogens is 1. The number of ether oxygens (including phenoxy) is 1. The molecule has 0 unspecified atom stereocenters. The van der Waals surface area contributed by atoms with Crippen molar-refractivity contribution in [2.45, 2.75) is 6.61 Å². The number of carbonyl (C=O) groups is 1. The number of rotatable bonds is 4. The second kappa shape index (κ2) is 6.79. The summed E-state index contributed by atoms with van der Waals surface area (Å²) in [5.74, 6) is -0.820. The number of carbonyl (C=O) groups excluding carboxylic acids is 1. The average Bonchev–Trinajstić information content (AvgIpc) is 2.59. The summed E-state index contributed by atoms with van der Waals surface area (Å²) in [6, 6.07) is 13.3. The fourth-order valence-corrected chi connectivity index (χ4v) is 1.99. The summed E-state index contributed by atoms with van der Waals surface area (Å²) < 4.78 is 17.9. The Bertz CT molecular complexity index is 860. The zero-order chi connectivity index (χ0) is 16.1. The molecule has 3 aromatic rings. The maximum Gasteiger partial charge on any atom is 0.331 e. The van der Waals surface area contributed by atoms with E-state index in [0.717, 1.165) is 16.6 Å². The molecule has 3 rings (SSSR count). The van der Waals surface area contributed by atoms with Crippen molar-refractivity contribution >= 4 is 23.1 Å².